The minimum Gasteiger partial charge on any atom is -0.256 e. The molecule has 0 aromatic rings. The molecule has 0 atom stereocenters. The fraction of sp³-hybridized carbons (Fsp3) is 1.00. The van der Waals surface area contributed by atoms with Gasteiger partial charge in [0.1, 0.15) is 0 Å². The third-order valence-corrected chi connectivity index (χ3v) is 1.000. The van der Waals surface area contributed by atoms with Crippen molar-refractivity contribution < 1.29 is 0 Å². The van der Waals surface area contributed by atoms with E-state index in [0.29, 0.717) is 0 Å². The van der Waals surface area contributed by atoms with E-state index in [0.717, 1.165) is 26.2 Å². The van der Waals surface area contributed by atoms with Crippen LogP contribution in [0.15, 0.2) is 0 Å². The standard InChI is InChI=1S/C4H12N4/c1-2-6-8-4-3-7-5-1/h5-8H,1-4H2. The van der Waals surface area contributed by atoms with Gasteiger partial charge in [-0.15, -0.1) is 0 Å². The molecule has 4 N–H and O–H groups in total. The van der Waals surface area contributed by atoms with Gasteiger partial charge in [-0.05, 0) is 0 Å². The van der Waals surface area contributed by atoms with Crippen LogP contribution in [0.1, 0.15) is 0 Å². The molecule has 0 unspecified atom stereocenters. The minimum atomic E-state index is 0.965. The van der Waals surface area contributed by atoms with Crippen molar-refractivity contribution in [3.63, 3.8) is 0 Å². The van der Waals surface area contributed by atoms with Crippen molar-refractivity contribution in [3.05, 3.63) is 0 Å². The molecule has 0 amide bonds. The van der Waals surface area contributed by atoms with E-state index in [1.54, 1.807) is 0 Å². The Kier molecular flexibility index (Phi) is 2.83. The molecular weight excluding hydrogens is 104 g/mol. The van der Waals surface area contributed by atoms with E-state index < -0.39 is 0 Å². The molecule has 1 rings (SSSR count). The normalized spacial score (nSPS) is 24.0. The van der Waals surface area contributed by atoms with Gasteiger partial charge in [0.2, 0.25) is 0 Å². The molecule has 1 aliphatic heterocycles. The predicted octanol–water partition coefficient (Wildman–Crippen LogP) is -1.81. The van der Waals surface area contributed by atoms with Crippen molar-refractivity contribution in [2.24, 2.45) is 0 Å². The highest BCUT2D eigenvalue weighted by atomic mass is 15.4. The van der Waals surface area contributed by atoms with E-state index in [1.807, 2.05) is 0 Å². The summed E-state index contributed by atoms with van der Waals surface area (Å²) < 4.78 is 0. The average Bonchev–Trinajstić information content (AvgIpc) is 1.62. The maximum atomic E-state index is 3.03. The number of rotatable bonds is 0. The Balaban J connectivity index is 2.00. The Bertz CT molecular complexity index is 32.0. The van der Waals surface area contributed by atoms with Crippen molar-refractivity contribution in [1.82, 2.24) is 21.7 Å². The molecule has 48 valence electrons. The monoisotopic (exact) mass is 116 g/mol. The fourth-order valence-corrected chi connectivity index (χ4v) is 0.604. The Morgan fingerprint density at radius 1 is 0.500 bits per heavy atom. The molecule has 0 bridgehead atoms. The van der Waals surface area contributed by atoms with Gasteiger partial charge in [-0.3, -0.25) is 21.7 Å². The van der Waals surface area contributed by atoms with Crippen LogP contribution in [0.2, 0.25) is 0 Å². The smallest absolute Gasteiger partial charge is 0.0239 e. The van der Waals surface area contributed by atoms with Crippen LogP contribution in [0.3, 0.4) is 0 Å². The minimum absolute atomic E-state index is 0.965. The molecule has 1 saturated heterocycles. The molecule has 4 nitrogen and oxygen atoms in total. The second-order valence-electron chi connectivity index (χ2n) is 1.71. The van der Waals surface area contributed by atoms with E-state index in [2.05, 4.69) is 21.7 Å². The summed E-state index contributed by atoms with van der Waals surface area (Å²) in [4.78, 5) is 0. The predicted molar refractivity (Wildman–Crippen MR) is 32.0 cm³/mol. The average molecular weight is 116 g/mol. The lowest BCUT2D eigenvalue weighted by atomic mass is 10.6. The highest BCUT2D eigenvalue weighted by Crippen LogP contribution is 1.58. The molecule has 1 aliphatic rings. The summed E-state index contributed by atoms with van der Waals surface area (Å²) in [5.74, 6) is 0. The van der Waals surface area contributed by atoms with Gasteiger partial charge < -0.3 is 0 Å². The van der Waals surface area contributed by atoms with Gasteiger partial charge in [-0.25, -0.2) is 0 Å². The second-order valence-corrected chi connectivity index (χ2v) is 1.71. The van der Waals surface area contributed by atoms with Crippen LogP contribution >= 0.6 is 0 Å². The van der Waals surface area contributed by atoms with E-state index >= 15 is 0 Å². The molecule has 0 aromatic heterocycles. The topological polar surface area (TPSA) is 48.1 Å². The Hall–Kier alpha value is -0.160. The van der Waals surface area contributed by atoms with Gasteiger partial charge in [-0.2, -0.15) is 0 Å². The van der Waals surface area contributed by atoms with E-state index in [4.69, 9.17) is 0 Å². The molecule has 0 radical (unpaired) electrons. The van der Waals surface area contributed by atoms with Gasteiger partial charge in [0.25, 0.3) is 0 Å². The zero-order chi connectivity index (χ0) is 5.66. The van der Waals surface area contributed by atoms with Crippen LogP contribution < -0.4 is 21.7 Å². The number of nitrogens with one attached hydrogen (secondary N) is 4. The molecule has 0 aliphatic carbocycles. The Morgan fingerprint density at radius 3 is 1.00 bits per heavy atom. The van der Waals surface area contributed by atoms with Crippen molar-refractivity contribution in [2.45, 2.75) is 0 Å². The maximum absolute atomic E-state index is 3.03. The first-order valence-corrected chi connectivity index (χ1v) is 2.91. The lowest BCUT2D eigenvalue weighted by molar-refractivity contribution is 0.423. The van der Waals surface area contributed by atoms with Crippen molar-refractivity contribution >= 4 is 0 Å². The summed E-state index contributed by atoms with van der Waals surface area (Å²) in [6, 6.07) is 0. The lowest BCUT2D eigenvalue weighted by Gasteiger charge is -2.13. The largest absolute Gasteiger partial charge is 0.256 e. The van der Waals surface area contributed by atoms with Crippen molar-refractivity contribution in [2.75, 3.05) is 26.2 Å². The van der Waals surface area contributed by atoms with Crippen LogP contribution in [-0.4, -0.2) is 26.2 Å². The van der Waals surface area contributed by atoms with E-state index in [9.17, 15) is 0 Å². The molecule has 1 fully saturated rings. The summed E-state index contributed by atoms with van der Waals surface area (Å²) in [6.45, 7) is 3.86. The quantitative estimate of drug-likeness (QED) is 0.301. The third-order valence-electron chi connectivity index (χ3n) is 1.000. The molecule has 4 heteroatoms. The molecule has 8 heavy (non-hydrogen) atoms. The van der Waals surface area contributed by atoms with Gasteiger partial charge >= 0.3 is 0 Å². The van der Waals surface area contributed by atoms with Crippen molar-refractivity contribution in [1.29, 1.82) is 0 Å². The summed E-state index contributed by atoms with van der Waals surface area (Å²) >= 11 is 0. The third kappa shape index (κ3) is 2.23. The maximum Gasteiger partial charge on any atom is 0.0239 e. The molecule has 0 saturated carbocycles. The lowest BCUT2D eigenvalue weighted by Crippen LogP contribution is -2.49. The number of hydrogen-bond donors (Lipinski definition) is 4. The Morgan fingerprint density at radius 2 is 0.750 bits per heavy atom. The molecule has 0 aromatic carbocycles. The van der Waals surface area contributed by atoms with Gasteiger partial charge in [0.05, 0.1) is 0 Å². The van der Waals surface area contributed by atoms with Crippen LogP contribution in [0.5, 0.6) is 0 Å². The van der Waals surface area contributed by atoms with Crippen molar-refractivity contribution in [3.8, 4) is 0 Å². The molecular formula is C4H12N4. The number of hydrogen-bond acceptors (Lipinski definition) is 4. The first-order chi connectivity index (χ1) is 4.00. The van der Waals surface area contributed by atoms with Crippen LogP contribution in [0.25, 0.3) is 0 Å². The van der Waals surface area contributed by atoms with Crippen LogP contribution in [0, 0.1) is 0 Å². The van der Waals surface area contributed by atoms with Crippen LogP contribution in [-0.2, 0) is 0 Å². The first kappa shape index (κ1) is 5.97. The summed E-state index contributed by atoms with van der Waals surface area (Å²) in [5, 5.41) is 0. The molecule has 1 heterocycles. The van der Waals surface area contributed by atoms with E-state index in [-0.39, 0.29) is 0 Å². The first-order valence-electron chi connectivity index (χ1n) is 2.91. The number of hydrazine groups is 2. The SMILES string of the molecule is C1CNNCCNN1. The van der Waals surface area contributed by atoms with E-state index in [1.165, 1.54) is 0 Å². The molecule has 0 spiro atoms. The highest BCUT2D eigenvalue weighted by molar-refractivity contribution is 4.51. The van der Waals surface area contributed by atoms with Gasteiger partial charge in [0.15, 0.2) is 0 Å². The zero-order valence-electron chi connectivity index (χ0n) is 4.83. The van der Waals surface area contributed by atoms with Crippen LogP contribution in [0.4, 0.5) is 0 Å². The summed E-state index contributed by atoms with van der Waals surface area (Å²) in [6.07, 6.45) is 0. The zero-order valence-corrected chi connectivity index (χ0v) is 4.83. The highest BCUT2D eigenvalue weighted by Gasteiger charge is 1.90. The van der Waals surface area contributed by atoms with Gasteiger partial charge in [-0.1, -0.05) is 0 Å². The Labute approximate surface area is 49.0 Å². The summed E-state index contributed by atoms with van der Waals surface area (Å²) in [7, 11) is 0. The van der Waals surface area contributed by atoms with Gasteiger partial charge in [0, 0.05) is 26.2 Å². The summed E-state index contributed by atoms with van der Waals surface area (Å²) in [5.41, 5.74) is 12.1. The second kappa shape index (κ2) is 3.80. The fourth-order valence-electron chi connectivity index (χ4n) is 0.604.